The molecule has 1 saturated carbocycles. The van der Waals surface area contributed by atoms with Gasteiger partial charge in [0.1, 0.15) is 0 Å². The van der Waals surface area contributed by atoms with Gasteiger partial charge in [0.05, 0.1) is 0 Å². The van der Waals surface area contributed by atoms with Gasteiger partial charge in [-0.1, -0.05) is 6.92 Å². The lowest BCUT2D eigenvalue weighted by atomic mass is 10.0. The minimum atomic E-state index is 0.310. The summed E-state index contributed by atoms with van der Waals surface area (Å²) in [6.07, 6.45) is 7.51. The number of anilines is 3. The zero-order valence-corrected chi connectivity index (χ0v) is 12.2. The van der Waals surface area contributed by atoms with Crippen LogP contribution in [0.3, 0.4) is 0 Å². The number of nitrogen functional groups attached to an aromatic ring is 1. The third kappa shape index (κ3) is 2.94. The van der Waals surface area contributed by atoms with E-state index in [1.165, 1.54) is 38.5 Å². The van der Waals surface area contributed by atoms with Crippen molar-refractivity contribution in [2.75, 3.05) is 35.6 Å². The predicted molar refractivity (Wildman–Crippen MR) is 80.8 cm³/mol. The SMILES string of the molecule is CCC1(CNc2nc(N)nc(N3CCCCC3)n2)CC1. The monoisotopic (exact) mass is 276 g/mol. The zero-order valence-electron chi connectivity index (χ0n) is 12.2. The molecule has 6 nitrogen and oxygen atoms in total. The van der Waals surface area contributed by atoms with Gasteiger partial charge in [0.15, 0.2) is 0 Å². The highest BCUT2D eigenvalue weighted by atomic mass is 15.3. The summed E-state index contributed by atoms with van der Waals surface area (Å²) < 4.78 is 0. The molecule has 20 heavy (non-hydrogen) atoms. The number of piperidine rings is 1. The largest absolute Gasteiger partial charge is 0.368 e. The fourth-order valence-corrected chi connectivity index (χ4v) is 2.79. The number of nitrogens with one attached hydrogen (secondary N) is 1. The van der Waals surface area contributed by atoms with Crippen molar-refractivity contribution >= 4 is 17.8 Å². The third-order valence-electron chi connectivity index (χ3n) is 4.61. The molecule has 1 aliphatic heterocycles. The van der Waals surface area contributed by atoms with Gasteiger partial charge in [-0.3, -0.25) is 0 Å². The second-order valence-electron chi connectivity index (χ2n) is 6.07. The van der Waals surface area contributed by atoms with Crippen LogP contribution in [0.4, 0.5) is 17.8 Å². The first-order valence-corrected chi connectivity index (χ1v) is 7.71. The van der Waals surface area contributed by atoms with Crippen molar-refractivity contribution in [2.24, 2.45) is 5.41 Å². The molecule has 0 aromatic carbocycles. The molecule has 0 amide bonds. The summed E-state index contributed by atoms with van der Waals surface area (Å²) in [5.74, 6) is 1.66. The van der Waals surface area contributed by atoms with E-state index in [2.05, 4.69) is 32.1 Å². The van der Waals surface area contributed by atoms with Gasteiger partial charge in [0.2, 0.25) is 17.8 Å². The Kier molecular flexibility index (Phi) is 3.63. The smallest absolute Gasteiger partial charge is 0.231 e. The van der Waals surface area contributed by atoms with Crippen molar-refractivity contribution in [2.45, 2.75) is 45.4 Å². The molecule has 3 rings (SSSR count). The van der Waals surface area contributed by atoms with Gasteiger partial charge < -0.3 is 16.0 Å². The van der Waals surface area contributed by atoms with E-state index < -0.39 is 0 Å². The summed E-state index contributed by atoms with van der Waals surface area (Å²) in [5.41, 5.74) is 6.29. The van der Waals surface area contributed by atoms with Crippen molar-refractivity contribution in [1.29, 1.82) is 0 Å². The molecule has 6 heteroatoms. The highest BCUT2D eigenvalue weighted by Gasteiger charge is 2.40. The Labute approximate surface area is 120 Å². The van der Waals surface area contributed by atoms with Crippen LogP contribution in [0.2, 0.25) is 0 Å². The minimum Gasteiger partial charge on any atom is -0.368 e. The molecule has 2 heterocycles. The first-order chi connectivity index (χ1) is 9.71. The van der Waals surface area contributed by atoms with Gasteiger partial charge in [-0.2, -0.15) is 15.0 Å². The van der Waals surface area contributed by atoms with Crippen LogP contribution in [0.5, 0.6) is 0 Å². The molecule has 2 aliphatic rings. The topological polar surface area (TPSA) is 80.0 Å². The summed E-state index contributed by atoms with van der Waals surface area (Å²) in [7, 11) is 0. The Morgan fingerprint density at radius 2 is 1.90 bits per heavy atom. The number of aromatic nitrogens is 3. The van der Waals surface area contributed by atoms with E-state index in [9.17, 15) is 0 Å². The fourth-order valence-electron chi connectivity index (χ4n) is 2.79. The van der Waals surface area contributed by atoms with E-state index in [1.54, 1.807) is 0 Å². The number of nitrogens with zero attached hydrogens (tertiary/aromatic N) is 4. The van der Waals surface area contributed by atoms with Gasteiger partial charge in [-0.25, -0.2) is 0 Å². The van der Waals surface area contributed by atoms with E-state index in [-0.39, 0.29) is 0 Å². The first-order valence-electron chi connectivity index (χ1n) is 7.71. The Bertz CT molecular complexity index is 465. The summed E-state index contributed by atoms with van der Waals surface area (Å²) in [4.78, 5) is 15.2. The van der Waals surface area contributed by atoms with E-state index in [1.807, 2.05) is 0 Å². The van der Waals surface area contributed by atoms with Crippen molar-refractivity contribution < 1.29 is 0 Å². The van der Waals surface area contributed by atoms with Crippen LogP contribution >= 0.6 is 0 Å². The molecular formula is C14H24N6. The van der Waals surface area contributed by atoms with E-state index in [0.717, 1.165) is 25.6 Å². The fraction of sp³-hybridized carbons (Fsp3) is 0.786. The maximum Gasteiger partial charge on any atom is 0.231 e. The van der Waals surface area contributed by atoms with E-state index in [0.29, 0.717) is 17.3 Å². The molecule has 2 fully saturated rings. The minimum absolute atomic E-state index is 0.310. The van der Waals surface area contributed by atoms with Crippen LogP contribution in [-0.4, -0.2) is 34.6 Å². The quantitative estimate of drug-likeness (QED) is 0.856. The molecule has 1 aromatic heterocycles. The molecule has 0 unspecified atom stereocenters. The zero-order chi connectivity index (χ0) is 14.0. The standard InChI is InChI=1S/C14H24N6/c1-2-14(6-7-14)10-16-12-17-11(15)18-13(19-12)20-8-4-3-5-9-20/h2-10H2,1H3,(H3,15,16,17,18,19). The average molecular weight is 276 g/mol. The lowest BCUT2D eigenvalue weighted by Gasteiger charge is -2.26. The Morgan fingerprint density at radius 3 is 2.55 bits per heavy atom. The second-order valence-corrected chi connectivity index (χ2v) is 6.07. The molecule has 3 N–H and O–H groups in total. The van der Waals surface area contributed by atoms with Gasteiger partial charge in [-0.15, -0.1) is 0 Å². The van der Waals surface area contributed by atoms with Gasteiger partial charge in [0, 0.05) is 19.6 Å². The molecule has 0 radical (unpaired) electrons. The van der Waals surface area contributed by atoms with E-state index >= 15 is 0 Å². The maximum absolute atomic E-state index is 5.82. The van der Waals surface area contributed by atoms with Crippen LogP contribution in [0.15, 0.2) is 0 Å². The average Bonchev–Trinajstić information content (AvgIpc) is 3.26. The lowest BCUT2D eigenvalue weighted by molar-refractivity contribution is 0.519. The van der Waals surface area contributed by atoms with E-state index in [4.69, 9.17) is 5.73 Å². The summed E-state index contributed by atoms with van der Waals surface area (Å²) >= 11 is 0. The van der Waals surface area contributed by atoms with Crippen LogP contribution in [-0.2, 0) is 0 Å². The van der Waals surface area contributed by atoms with Crippen molar-refractivity contribution in [1.82, 2.24) is 15.0 Å². The highest BCUT2D eigenvalue weighted by molar-refractivity contribution is 5.42. The molecule has 0 bridgehead atoms. The van der Waals surface area contributed by atoms with Crippen molar-refractivity contribution in [3.05, 3.63) is 0 Å². The van der Waals surface area contributed by atoms with Gasteiger partial charge >= 0.3 is 0 Å². The summed E-state index contributed by atoms with van der Waals surface area (Å²) in [6.45, 7) is 5.21. The Balaban J connectivity index is 1.69. The molecule has 0 atom stereocenters. The van der Waals surface area contributed by atoms with Crippen LogP contribution in [0.25, 0.3) is 0 Å². The van der Waals surface area contributed by atoms with Crippen LogP contribution in [0.1, 0.15) is 45.4 Å². The molecule has 0 spiro atoms. The number of hydrogen-bond donors (Lipinski definition) is 2. The summed E-state index contributed by atoms with van der Waals surface area (Å²) in [6, 6.07) is 0. The molecule has 110 valence electrons. The maximum atomic E-state index is 5.82. The molecule has 1 aromatic rings. The first kappa shape index (κ1) is 13.4. The van der Waals surface area contributed by atoms with Gasteiger partial charge in [-0.05, 0) is 43.9 Å². The van der Waals surface area contributed by atoms with Gasteiger partial charge in [0.25, 0.3) is 0 Å². The Morgan fingerprint density at radius 1 is 1.15 bits per heavy atom. The Hall–Kier alpha value is -1.59. The van der Waals surface area contributed by atoms with Crippen LogP contribution < -0.4 is 16.0 Å². The van der Waals surface area contributed by atoms with Crippen molar-refractivity contribution in [3.8, 4) is 0 Å². The van der Waals surface area contributed by atoms with Crippen LogP contribution in [0, 0.1) is 5.41 Å². The second kappa shape index (κ2) is 5.42. The summed E-state index contributed by atoms with van der Waals surface area (Å²) in [5, 5.41) is 3.35. The molecular weight excluding hydrogens is 252 g/mol. The predicted octanol–water partition coefficient (Wildman–Crippen LogP) is 2.05. The third-order valence-corrected chi connectivity index (χ3v) is 4.61. The number of nitrogens with two attached hydrogens (primary N) is 1. The number of hydrogen-bond acceptors (Lipinski definition) is 6. The number of rotatable bonds is 5. The lowest BCUT2D eigenvalue weighted by Crippen LogP contribution is -2.31. The highest BCUT2D eigenvalue weighted by Crippen LogP contribution is 2.48. The van der Waals surface area contributed by atoms with Crippen molar-refractivity contribution in [3.63, 3.8) is 0 Å². The molecule has 1 saturated heterocycles. The molecule has 1 aliphatic carbocycles. The normalized spacial score (nSPS) is 20.8.